The highest BCUT2D eigenvalue weighted by molar-refractivity contribution is 9.10. The highest BCUT2D eigenvalue weighted by Crippen LogP contribution is 2.29. The second-order valence-electron chi connectivity index (χ2n) is 8.42. The maximum atomic E-state index is 12.4. The van der Waals surface area contributed by atoms with Gasteiger partial charge in [-0.3, -0.25) is 0 Å². The highest BCUT2D eigenvalue weighted by Gasteiger charge is 2.31. The Bertz CT molecular complexity index is 853. The number of nitrogens with one attached hydrogen (secondary N) is 1. The highest BCUT2D eigenvalue weighted by atomic mass is 79.9. The normalized spacial score (nSPS) is 20.4. The number of amides is 2. The number of urea groups is 1. The standard InChI is InChI=1S/C24H30BrN3O2/c1-30-22-7-8-23(25)20(14-22)13-18-9-11-27(12-10-18)16-21-17-28(24(29)26-21)15-19-5-3-2-4-6-19/h2-8,14,18,21H,9-13,15-17H2,1H3,(H,26,29). The number of rotatable bonds is 7. The average Bonchev–Trinajstić information content (AvgIpc) is 3.10. The molecule has 2 heterocycles. The quantitative estimate of drug-likeness (QED) is 0.654. The molecular formula is C24H30BrN3O2. The van der Waals surface area contributed by atoms with E-state index in [0.717, 1.165) is 42.8 Å². The van der Waals surface area contributed by atoms with Gasteiger partial charge in [-0.2, -0.15) is 0 Å². The Balaban J connectivity index is 1.24. The molecule has 4 rings (SSSR count). The number of piperidine rings is 1. The van der Waals surface area contributed by atoms with E-state index < -0.39 is 0 Å². The molecule has 30 heavy (non-hydrogen) atoms. The molecule has 0 aromatic heterocycles. The molecule has 2 amide bonds. The van der Waals surface area contributed by atoms with Gasteiger partial charge in [-0.15, -0.1) is 0 Å². The summed E-state index contributed by atoms with van der Waals surface area (Å²) in [7, 11) is 1.72. The van der Waals surface area contributed by atoms with Crippen LogP contribution in [0.4, 0.5) is 4.79 Å². The Morgan fingerprint density at radius 1 is 1.13 bits per heavy atom. The van der Waals surface area contributed by atoms with Crippen LogP contribution in [-0.2, 0) is 13.0 Å². The monoisotopic (exact) mass is 471 g/mol. The summed E-state index contributed by atoms with van der Waals surface area (Å²) in [6.45, 7) is 4.59. The minimum absolute atomic E-state index is 0.0571. The molecule has 2 saturated heterocycles. The van der Waals surface area contributed by atoms with Gasteiger partial charge in [0.1, 0.15) is 5.75 Å². The molecule has 1 atom stereocenters. The van der Waals surface area contributed by atoms with Gasteiger partial charge in [-0.05, 0) is 67.6 Å². The lowest BCUT2D eigenvalue weighted by Crippen LogP contribution is -2.43. The molecule has 1 N–H and O–H groups in total. The molecule has 1 unspecified atom stereocenters. The molecule has 2 aliphatic heterocycles. The summed E-state index contributed by atoms with van der Waals surface area (Å²) in [5.74, 6) is 1.61. The zero-order valence-electron chi connectivity index (χ0n) is 17.5. The fraction of sp³-hybridized carbons (Fsp3) is 0.458. The van der Waals surface area contributed by atoms with Crippen LogP contribution in [0.25, 0.3) is 0 Å². The van der Waals surface area contributed by atoms with E-state index in [1.54, 1.807) is 7.11 Å². The molecule has 0 spiro atoms. The fourth-order valence-electron chi connectivity index (χ4n) is 4.53. The van der Waals surface area contributed by atoms with Gasteiger partial charge in [0.15, 0.2) is 0 Å². The molecule has 6 heteroatoms. The second-order valence-corrected chi connectivity index (χ2v) is 9.27. The predicted molar refractivity (Wildman–Crippen MR) is 123 cm³/mol. The zero-order valence-corrected chi connectivity index (χ0v) is 19.1. The number of ether oxygens (including phenoxy) is 1. The number of halogens is 1. The third-order valence-electron chi connectivity index (χ3n) is 6.22. The first-order valence-corrected chi connectivity index (χ1v) is 11.5. The van der Waals surface area contributed by atoms with E-state index >= 15 is 0 Å². The number of hydrogen-bond acceptors (Lipinski definition) is 3. The van der Waals surface area contributed by atoms with Crippen molar-refractivity contribution in [2.75, 3.05) is 33.3 Å². The molecule has 0 radical (unpaired) electrons. The number of carbonyl (C=O) groups excluding carboxylic acids is 1. The average molecular weight is 472 g/mol. The van der Waals surface area contributed by atoms with Gasteiger partial charge in [0.25, 0.3) is 0 Å². The lowest BCUT2D eigenvalue weighted by Gasteiger charge is -2.33. The van der Waals surface area contributed by atoms with E-state index in [0.29, 0.717) is 12.5 Å². The number of benzene rings is 2. The first-order chi connectivity index (χ1) is 14.6. The molecule has 2 aliphatic rings. The topological polar surface area (TPSA) is 44.8 Å². The fourth-order valence-corrected chi connectivity index (χ4v) is 4.94. The van der Waals surface area contributed by atoms with Crippen molar-refractivity contribution >= 4 is 22.0 Å². The molecule has 2 aromatic carbocycles. The van der Waals surface area contributed by atoms with Crippen molar-refractivity contribution in [1.29, 1.82) is 0 Å². The van der Waals surface area contributed by atoms with Gasteiger partial charge < -0.3 is 19.9 Å². The Hall–Kier alpha value is -2.05. The number of methoxy groups -OCH3 is 1. The molecule has 0 bridgehead atoms. The van der Waals surface area contributed by atoms with Gasteiger partial charge in [0, 0.05) is 24.1 Å². The van der Waals surface area contributed by atoms with E-state index in [1.165, 1.54) is 24.0 Å². The van der Waals surface area contributed by atoms with Crippen LogP contribution in [0, 0.1) is 5.92 Å². The van der Waals surface area contributed by atoms with Crippen molar-refractivity contribution in [2.45, 2.75) is 31.8 Å². The smallest absolute Gasteiger partial charge is 0.318 e. The van der Waals surface area contributed by atoms with E-state index in [1.807, 2.05) is 29.2 Å². The van der Waals surface area contributed by atoms with Gasteiger partial charge in [0.2, 0.25) is 0 Å². The van der Waals surface area contributed by atoms with Crippen LogP contribution in [0.15, 0.2) is 53.0 Å². The summed E-state index contributed by atoms with van der Waals surface area (Å²) >= 11 is 3.68. The molecule has 160 valence electrons. The third-order valence-corrected chi connectivity index (χ3v) is 6.99. The zero-order chi connectivity index (χ0) is 20.9. The SMILES string of the molecule is COc1ccc(Br)c(CC2CCN(CC3CN(Cc4ccccc4)C(=O)N3)CC2)c1. The van der Waals surface area contributed by atoms with Crippen molar-refractivity contribution in [3.05, 3.63) is 64.1 Å². The van der Waals surface area contributed by atoms with Gasteiger partial charge >= 0.3 is 6.03 Å². The second kappa shape index (κ2) is 9.84. The van der Waals surface area contributed by atoms with Crippen molar-refractivity contribution in [2.24, 2.45) is 5.92 Å². The van der Waals surface area contributed by atoms with Crippen LogP contribution in [0.5, 0.6) is 5.75 Å². The van der Waals surface area contributed by atoms with Crippen molar-refractivity contribution in [1.82, 2.24) is 15.1 Å². The van der Waals surface area contributed by atoms with E-state index in [9.17, 15) is 4.79 Å². The summed E-state index contributed by atoms with van der Waals surface area (Å²) in [5, 5.41) is 3.17. The van der Waals surface area contributed by atoms with E-state index in [2.05, 4.69) is 50.4 Å². The lowest BCUT2D eigenvalue weighted by atomic mass is 9.90. The first kappa shape index (κ1) is 21.2. The van der Waals surface area contributed by atoms with Crippen molar-refractivity contribution < 1.29 is 9.53 Å². The van der Waals surface area contributed by atoms with E-state index in [-0.39, 0.29) is 12.1 Å². The maximum Gasteiger partial charge on any atom is 0.318 e. The minimum atomic E-state index is 0.0571. The molecule has 5 nitrogen and oxygen atoms in total. The van der Waals surface area contributed by atoms with Crippen LogP contribution in [0.1, 0.15) is 24.0 Å². The summed E-state index contributed by atoms with van der Waals surface area (Å²) < 4.78 is 6.54. The van der Waals surface area contributed by atoms with Crippen LogP contribution in [0.3, 0.4) is 0 Å². The predicted octanol–water partition coefficient (Wildman–Crippen LogP) is 4.31. The minimum Gasteiger partial charge on any atom is -0.497 e. The molecule has 0 aliphatic carbocycles. The number of carbonyl (C=O) groups is 1. The van der Waals surface area contributed by atoms with Crippen LogP contribution >= 0.6 is 15.9 Å². The Morgan fingerprint density at radius 2 is 1.90 bits per heavy atom. The van der Waals surface area contributed by atoms with Crippen molar-refractivity contribution in [3.8, 4) is 5.75 Å². The molecule has 2 fully saturated rings. The van der Waals surface area contributed by atoms with Crippen molar-refractivity contribution in [3.63, 3.8) is 0 Å². The van der Waals surface area contributed by atoms with Gasteiger partial charge in [-0.1, -0.05) is 46.3 Å². The largest absolute Gasteiger partial charge is 0.497 e. The number of hydrogen-bond donors (Lipinski definition) is 1. The summed E-state index contributed by atoms with van der Waals surface area (Å²) in [4.78, 5) is 16.8. The first-order valence-electron chi connectivity index (χ1n) is 10.7. The Labute approximate surface area is 187 Å². The molecule has 2 aromatic rings. The van der Waals surface area contributed by atoms with Crippen LogP contribution < -0.4 is 10.1 Å². The number of nitrogens with zero attached hydrogens (tertiary/aromatic N) is 2. The number of likely N-dealkylation sites (tertiary alicyclic amines) is 1. The molecular weight excluding hydrogens is 442 g/mol. The molecule has 0 saturated carbocycles. The maximum absolute atomic E-state index is 12.4. The van der Waals surface area contributed by atoms with Crippen LogP contribution in [0.2, 0.25) is 0 Å². The van der Waals surface area contributed by atoms with Gasteiger partial charge in [-0.25, -0.2) is 4.79 Å². The van der Waals surface area contributed by atoms with E-state index in [4.69, 9.17) is 4.74 Å². The Morgan fingerprint density at radius 3 is 2.63 bits per heavy atom. The summed E-state index contributed by atoms with van der Waals surface area (Å²) in [6, 6.07) is 16.7. The third kappa shape index (κ3) is 5.35. The Kier molecular flexibility index (Phi) is 6.95. The summed E-state index contributed by atoms with van der Waals surface area (Å²) in [5.41, 5.74) is 2.50. The van der Waals surface area contributed by atoms with Crippen LogP contribution in [-0.4, -0.2) is 55.2 Å². The summed E-state index contributed by atoms with van der Waals surface area (Å²) in [6.07, 6.45) is 3.47. The lowest BCUT2D eigenvalue weighted by molar-refractivity contribution is 0.171. The van der Waals surface area contributed by atoms with Gasteiger partial charge in [0.05, 0.1) is 13.2 Å².